The van der Waals surface area contributed by atoms with Crippen LogP contribution in [0.15, 0.2) is 0 Å². The molecule has 0 aliphatic rings. The topological polar surface area (TPSA) is 167 Å². The van der Waals surface area contributed by atoms with Crippen LogP contribution in [0.2, 0.25) is 0 Å². The molecule has 0 aromatic heterocycles. The molecule has 0 N–H and O–H groups in total. The van der Waals surface area contributed by atoms with E-state index in [4.69, 9.17) is 0 Å². The van der Waals surface area contributed by atoms with Crippen LogP contribution in [0.4, 0.5) is 0 Å². The SMILES string of the molecule is CCC(CCN(CC(=O)[O-])CC(=O)[O-])N(CC(=O)[O-])CC(=O)[O-]. The van der Waals surface area contributed by atoms with Crippen LogP contribution < -0.4 is 20.4 Å². The number of carboxylic acids is 4. The van der Waals surface area contributed by atoms with Gasteiger partial charge in [-0.2, -0.15) is 0 Å². The molecule has 0 spiro atoms. The molecule has 0 amide bonds. The number of aliphatic carboxylic acids is 4. The summed E-state index contributed by atoms with van der Waals surface area (Å²) in [5.41, 5.74) is 0. The highest BCUT2D eigenvalue weighted by molar-refractivity contribution is 5.71. The summed E-state index contributed by atoms with van der Waals surface area (Å²) >= 11 is 0. The predicted molar refractivity (Wildman–Crippen MR) is 66.7 cm³/mol. The van der Waals surface area contributed by atoms with E-state index in [2.05, 4.69) is 0 Å². The average molecular weight is 330 g/mol. The quantitative estimate of drug-likeness (QED) is 0.317. The van der Waals surface area contributed by atoms with Crippen molar-refractivity contribution in [3.05, 3.63) is 0 Å². The van der Waals surface area contributed by atoms with E-state index < -0.39 is 56.1 Å². The third-order valence-corrected chi connectivity index (χ3v) is 3.14. The lowest BCUT2D eigenvalue weighted by molar-refractivity contribution is -0.312. The van der Waals surface area contributed by atoms with Gasteiger partial charge in [-0.05, 0) is 12.8 Å². The lowest BCUT2D eigenvalue weighted by Gasteiger charge is -2.33. The molecule has 1 unspecified atom stereocenters. The fourth-order valence-electron chi connectivity index (χ4n) is 2.20. The largest absolute Gasteiger partial charge is 0.549 e. The number of carboxylic acid groups (broad SMARTS) is 4. The molecule has 1 atom stereocenters. The Labute approximate surface area is 132 Å². The zero-order chi connectivity index (χ0) is 18.0. The van der Waals surface area contributed by atoms with E-state index >= 15 is 0 Å². The fraction of sp³-hybridized carbons (Fsp3) is 0.692. The van der Waals surface area contributed by atoms with Crippen LogP contribution in [0.3, 0.4) is 0 Å². The number of carbonyl (C=O) groups is 4. The summed E-state index contributed by atoms with van der Waals surface area (Å²) in [7, 11) is 0. The molecule has 10 nitrogen and oxygen atoms in total. The van der Waals surface area contributed by atoms with Crippen molar-refractivity contribution in [2.24, 2.45) is 0 Å². The molecule has 0 saturated carbocycles. The van der Waals surface area contributed by atoms with Crippen molar-refractivity contribution < 1.29 is 39.6 Å². The van der Waals surface area contributed by atoms with Crippen LogP contribution in [-0.2, 0) is 19.2 Å². The maximum absolute atomic E-state index is 10.7. The van der Waals surface area contributed by atoms with Gasteiger partial charge in [-0.1, -0.05) is 6.92 Å². The van der Waals surface area contributed by atoms with E-state index in [1.165, 1.54) is 0 Å². The Kier molecular flexibility index (Phi) is 9.51. The van der Waals surface area contributed by atoms with Crippen molar-refractivity contribution in [2.45, 2.75) is 25.8 Å². The molecule has 0 aromatic carbocycles. The Morgan fingerprint density at radius 1 is 0.783 bits per heavy atom. The Bertz CT molecular complexity index is 408. The first-order valence-corrected chi connectivity index (χ1v) is 6.91. The summed E-state index contributed by atoms with van der Waals surface area (Å²) in [5.74, 6) is -5.88. The summed E-state index contributed by atoms with van der Waals surface area (Å²) in [6.45, 7) is -0.862. The van der Waals surface area contributed by atoms with Crippen molar-refractivity contribution in [1.29, 1.82) is 0 Å². The average Bonchev–Trinajstić information content (AvgIpc) is 2.36. The molecule has 132 valence electrons. The van der Waals surface area contributed by atoms with E-state index in [0.717, 1.165) is 9.80 Å². The highest BCUT2D eigenvalue weighted by Crippen LogP contribution is 2.09. The lowest BCUT2D eigenvalue weighted by Crippen LogP contribution is -2.50. The van der Waals surface area contributed by atoms with Gasteiger partial charge in [0.15, 0.2) is 0 Å². The van der Waals surface area contributed by atoms with Gasteiger partial charge in [-0.3, -0.25) is 9.80 Å². The standard InChI is InChI=1S/C13H22N2O8/c1-2-9(15(7-12(20)21)8-13(22)23)3-4-14(5-10(16)17)6-11(18)19/h9H,2-8H2,1H3,(H,16,17)(H,18,19)(H,20,21)(H,22,23)/p-4. The zero-order valence-electron chi connectivity index (χ0n) is 12.7. The third-order valence-electron chi connectivity index (χ3n) is 3.14. The summed E-state index contributed by atoms with van der Waals surface area (Å²) in [6, 6.07) is -0.531. The van der Waals surface area contributed by atoms with E-state index in [1.54, 1.807) is 6.92 Å². The van der Waals surface area contributed by atoms with Gasteiger partial charge < -0.3 is 39.6 Å². The minimum atomic E-state index is -1.47. The second-order valence-electron chi connectivity index (χ2n) is 4.95. The van der Waals surface area contributed by atoms with E-state index in [0.29, 0.717) is 6.42 Å². The molecule has 0 saturated heterocycles. The Balaban J connectivity index is 4.83. The second kappa shape index (κ2) is 10.5. The zero-order valence-corrected chi connectivity index (χ0v) is 12.7. The molecule has 0 aliphatic heterocycles. The summed E-state index contributed by atoms with van der Waals surface area (Å²) < 4.78 is 0. The van der Waals surface area contributed by atoms with E-state index in [1.807, 2.05) is 0 Å². The van der Waals surface area contributed by atoms with E-state index in [-0.39, 0.29) is 13.0 Å². The minimum absolute atomic E-state index is 0.0168. The number of hydrogen-bond acceptors (Lipinski definition) is 10. The summed E-state index contributed by atoms with van der Waals surface area (Å²) in [6.07, 6.45) is 0.517. The van der Waals surface area contributed by atoms with Crippen LogP contribution in [-0.4, -0.2) is 72.4 Å². The third kappa shape index (κ3) is 10.2. The fourth-order valence-corrected chi connectivity index (χ4v) is 2.20. The van der Waals surface area contributed by atoms with Crippen molar-refractivity contribution in [1.82, 2.24) is 9.80 Å². The van der Waals surface area contributed by atoms with Crippen LogP contribution in [0.25, 0.3) is 0 Å². The lowest BCUT2D eigenvalue weighted by atomic mass is 10.1. The van der Waals surface area contributed by atoms with E-state index in [9.17, 15) is 39.6 Å². The van der Waals surface area contributed by atoms with Crippen molar-refractivity contribution in [2.75, 3.05) is 32.7 Å². The Morgan fingerprint density at radius 2 is 1.17 bits per heavy atom. The number of rotatable bonds is 13. The maximum atomic E-state index is 10.7. The molecular formula is C13H18N2O8-4. The first-order valence-electron chi connectivity index (χ1n) is 6.91. The summed E-state index contributed by atoms with van der Waals surface area (Å²) in [5, 5.41) is 42.5. The second-order valence-corrected chi connectivity index (χ2v) is 4.95. The summed E-state index contributed by atoms with van der Waals surface area (Å²) in [4.78, 5) is 44.7. The van der Waals surface area contributed by atoms with Gasteiger partial charge in [-0.25, -0.2) is 0 Å². The normalized spacial score (nSPS) is 12.3. The highest BCUT2D eigenvalue weighted by Gasteiger charge is 2.18. The van der Waals surface area contributed by atoms with Crippen LogP contribution in [0.5, 0.6) is 0 Å². The van der Waals surface area contributed by atoms with Gasteiger partial charge in [0.25, 0.3) is 0 Å². The van der Waals surface area contributed by atoms with Gasteiger partial charge in [0, 0.05) is 38.8 Å². The number of nitrogens with zero attached hydrogens (tertiary/aromatic N) is 2. The molecule has 0 bridgehead atoms. The van der Waals surface area contributed by atoms with Crippen LogP contribution >= 0.6 is 0 Å². The predicted octanol–water partition coefficient (Wildman–Crippen LogP) is -6.24. The van der Waals surface area contributed by atoms with Crippen LogP contribution in [0.1, 0.15) is 19.8 Å². The van der Waals surface area contributed by atoms with Gasteiger partial charge in [0.1, 0.15) is 0 Å². The molecule has 0 aromatic rings. The van der Waals surface area contributed by atoms with Crippen LogP contribution in [0, 0.1) is 0 Å². The monoisotopic (exact) mass is 330 g/mol. The molecule has 0 aliphatic carbocycles. The van der Waals surface area contributed by atoms with Gasteiger partial charge >= 0.3 is 0 Å². The smallest absolute Gasteiger partial charge is 0.0555 e. The molecule has 23 heavy (non-hydrogen) atoms. The molecule has 0 heterocycles. The molecule has 0 fully saturated rings. The number of carbonyl (C=O) groups excluding carboxylic acids is 4. The highest BCUT2D eigenvalue weighted by atomic mass is 16.4. The first-order chi connectivity index (χ1) is 10.6. The Morgan fingerprint density at radius 3 is 1.48 bits per heavy atom. The minimum Gasteiger partial charge on any atom is -0.549 e. The van der Waals surface area contributed by atoms with Gasteiger partial charge in [0.2, 0.25) is 0 Å². The van der Waals surface area contributed by atoms with Gasteiger partial charge in [0.05, 0.1) is 23.9 Å². The molecule has 0 radical (unpaired) electrons. The van der Waals surface area contributed by atoms with Crippen molar-refractivity contribution in [3.63, 3.8) is 0 Å². The maximum Gasteiger partial charge on any atom is 0.0555 e. The number of hydrogen-bond donors (Lipinski definition) is 0. The molecular weight excluding hydrogens is 312 g/mol. The molecule has 0 rings (SSSR count). The first kappa shape index (κ1) is 20.8. The van der Waals surface area contributed by atoms with Crippen molar-refractivity contribution in [3.8, 4) is 0 Å². The van der Waals surface area contributed by atoms with Crippen molar-refractivity contribution >= 4 is 23.9 Å². The van der Waals surface area contributed by atoms with Gasteiger partial charge in [-0.15, -0.1) is 0 Å². The Hall–Kier alpha value is -2.20. The molecule has 10 heteroatoms.